The van der Waals surface area contributed by atoms with Crippen LogP contribution in [0.2, 0.25) is 0 Å². The molecule has 0 saturated carbocycles. The van der Waals surface area contributed by atoms with Crippen LogP contribution in [0.4, 0.5) is 10.1 Å². The van der Waals surface area contributed by atoms with Gasteiger partial charge in [0.05, 0.1) is 0 Å². The molecule has 1 amide bonds. The molecule has 138 valence electrons. The Morgan fingerprint density at radius 3 is 2.63 bits per heavy atom. The number of ketones is 1. The van der Waals surface area contributed by atoms with Crippen LogP contribution in [-0.4, -0.2) is 31.9 Å². The molecular formula is C19H18FN5O2. The second kappa shape index (κ2) is 8.31. The molecule has 0 aliphatic carbocycles. The van der Waals surface area contributed by atoms with Crippen LogP contribution in [0.15, 0.2) is 48.5 Å². The normalized spacial score (nSPS) is 10.6. The molecule has 7 nitrogen and oxygen atoms in total. The summed E-state index contributed by atoms with van der Waals surface area (Å²) in [4.78, 5) is 25.1. The summed E-state index contributed by atoms with van der Waals surface area (Å²) < 4.78 is 13.3. The van der Waals surface area contributed by atoms with Crippen molar-refractivity contribution in [1.82, 2.24) is 20.2 Å². The fraction of sp³-hybridized carbons (Fsp3) is 0.211. The average Bonchev–Trinajstić information content (AvgIpc) is 3.11. The van der Waals surface area contributed by atoms with Crippen molar-refractivity contribution in [3.8, 4) is 11.4 Å². The number of carbonyl (C=O) groups is 2. The smallest absolute Gasteiger partial charge is 0.224 e. The number of anilines is 1. The number of hydrogen-bond acceptors (Lipinski definition) is 5. The highest BCUT2D eigenvalue weighted by molar-refractivity contribution is 5.97. The first kappa shape index (κ1) is 18.4. The number of nitrogens with zero attached hydrogens (tertiary/aromatic N) is 4. The van der Waals surface area contributed by atoms with Gasteiger partial charge in [-0.05, 0) is 48.0 Å². The lowest BCUT2D eigenvalue weighted by atomic mass is 10.1. The topological polar surface area (TPSA) is 89.8 Å². The van der Waals surface area contributed by atoms with E-state index >= 15 is 0 Å². The number of aromatic nitrogens is 4. The van der Waals surface area contributed by atoms with Gasteiger partial charge in [-0.15, -0.1) is 10.2 Å². The van der Waals surface area contributed by atoms with E-state index in [1.54, 1.807) is 36.4 Å². The third kappa shape index (κ3) is 4.81. The van der Waals surface area contributed by atoms with Crippen LogP contribution in [0.3, 0.4) is 0 Å². The van der Waals surface area contributed by atoms with E-state index in [0.717, 1.165) is 6.42 Å². The van der Waals surface area contributed by atoms with Crippen LogP contribution in [0.1, 0.15) is 30.1 Å². The van der Waals surface area contributed by atoms with Gasteiger partial charge in [0.2, 0.25) is 11.7 Å². The van der Waals surface area contributed by atoms with E-state index in [1.165, 1.54) is 16.9 Å². The van der Waals surface area contributed by atoms with Gasteiger partial charge < -0.3 is 5.32 Å². The molecule has 3 aromatic rings. The van der Waals surface area contributed by atoms with Crippen molar-refractivity contribution in [1.29, 1.82) is 0 Å². The lowest BCUT2D eigenvalue weighted by Crippen LogP contribution is -2.14. The van der Waals surface area contributed by atoms with Gasteiger partial charge in [-0.25, -0.2) is 4.39 Å². The first-order valence-electron chi connectivity index (χ1n) is 8.52. The molecule has 0 aliphatic rings. The summed E-state index contributed by atoms with van der Waals surface area (Å²) in [6.07, 6.45) is 1.22. The molecule has 0 unspecified atom stereocenters. The molecule has 0 aliphatic heterocycles. The zero-order valence-electron chi connectivity index (χ0n) is 14.7. The fourth-order valence-electron chi connectivity index (χ4n) is 2.46. The SMILES string of the molecule is CCCC(=O)Nc1ccc(C(=O)Cn2nnc(-c3cccc(F)c3)n2)cc1. The number of carbonyl (C=O) groups excluding carboxylic acids is 2. The van der Waals surface area contributed by atoms with Crippen LogP contribution in [-0.2, 0) is 11.3 Å². The highest BCUT2D eigenvalue weighted by Crippen LogP contribution is 2.15. The zero-order chi connectivity index (χ0) is 19.2. The van der Waals surface area contributed by atoms with Crippen LogP contribution in [0, 0.1) is 5.82 Å². The minimum absolute atomic E-state index is 0.0618. The Balaban J connectivity index is 1.64. The van der Waals surface area contributed by atoms with E-state index in [-0.39, 0.29) is 24.1 Å². The Kier molecular flexibility index (Phi) is 5.65. The predicted molar refractivity (Wildman–Crippen MR) is 97.5 cm³/mol. The summed E-state index contributed by atoms with van der Waals surface area (Å²) in [5, 5.41) is 14.6. The Morgan fingerprint density at radius 1 is 1.15 bits per heavy atom. The number of rotatable bonds is 7. The molecule has 0 fully saturated rings. The fourth-order valence-corrected chi connectivity index (χ4v) is 2.46. The van der Waals surface area contributed by atoms with Crippen molar-refractivity contribution in [3.05, 3.63) is 59.9 Å². The van der Waals surface area contributed by atoms with Gasteiger partial charge in [-0.3, -0.25) is 9.59 Å². The van der Waals surface area contributed by atoms with Crippen molar-refractivity contribution in [3.63, 3.8) is 0 Å². The van der Waals surface area contributed by atoms with E-state index in [2.05, 4.69) is 20.7 Å². The molecule has 27 heavy (non-hydrogen) atoms. The second-order valence-corrected chi connectivity index (χ2v) is 5.95. The van der Waals surface area contributed by atoms with E-state index < -0.39 is 5.82 Å². The van der Waals surface area contributed by atoms with Gasteiger partial charge in [-0.1, -0.05) is 19.1 Å². The summed E-state index contributed by atoms with van der Waals surface area (Å²) in [5.41, 5.74) is 1.59. The van der Waals surface area contributed by atoms with Gasteiger partial charge in [0.25, 0.3) is 0 Å². The molecule has 0 spiro atoms. The van der Waals surface area contributed by atoms with Gasteiger partial charge in [0.15, 0.2) is 5.78 Å². The number of benzene rings is 2. The summed E-state index contributed by atoms with van der Waals surface area (Å²) >= 11 is 0. The first-order chi connectivity index (χ1) is 13.0. The number of tetrazole rings is 1. The number of hydrogen-bond donors (Lipinski definition) is 1. The van der Waals surface area contributed by atoms with Gasteiger partial charge in [0, 0.05) is 23.2 Å². The lowest BCUT2D eigenvalue weighted by molar-refractivity contribution is -0.116. The van der Waals surface area contributed by atoms with Crippen molar-refractivity contribution in [2.45, 2.75) is 26.3 Å². The zero-order valence-corrected chi connectivity index (χ0v) is 14.7. The standard InChI is InChI=1S/C19H18FN5O2/c1-2-4-18(27)21-16-9-7-13(8-10-16)17(26)12-25-23-19(22-24-25)14-5-3-6-15(20)11-14/h3,5-11H,2,4,12H2,1H3,(H,21,27). The van der Waals surface area contributed by atoms with Crippen LogP contribution >= 0.6 is 0 Å². The molecule has 0 atom stereocenters. The van der Waals surface area contributed by atoms with Crippen LogP contribution < -0.4 is 5.32 Å². The minimum atomic E-state index is -0.397. The number of amides is 1. The molecule has 0 radical (unpaired) electrons. The quantitative estimate of drug-likeness (QED) is 0.648. The maximum atomic E-state index is 13.3. The molecule has 0 bridgehead atoms. The summed E-state index contributed by atoms with van der Waals surface area (Å²) in [7, 11) is 0. The molecular weight excluding hydrogens is 349 g/mol. The van der Waals surface area contributed by atoms with Crippen molar-refractivity contribution in [2.75, 3.05) is 5.32 Å². The summed E-state index contributed by atoms with van der Waals surface area (Å²) in [5.74, 6) is -0.416. The van der Waals surface area contributed by atoms with Gasteiger partial charge in [0.1, 0.15) is 12.4 Å². The highest BCUT2D eigenvalue weighted by atomic mass is 19.1. The molecule has 2 aromatic carbocycles. The third-order valence-corrected chi connectivity index (χ3v) is 3.79. The van der Waals surface area contributed by atoms with Crippen molar-refractivity contribution < 1.29 is 14.0 Å². The van der Waals surface area contributed by atoms with Crippen LogP contribution in [0.25, 0.3) is 11.4 Å². The second-order valence-electron chi connectivity index (χ2n) is 5.95. The molecule has 1 N–H and O–H groups in total. The predicted octanol–water partition coefficient (Wildman–Crippen LogP) is 3.10. The largest absolute Gasteiger partial charge is 0.326 e. The first-order valence-corrected chi connectivity index (χ1v) is 8.52. The van der Waals surface area contributed by atoms with Crippen LogP contribution in [0.5, 0.6) is 0 Å². The molecule has 3 rings (SSSR count). The monoisotopic (exact) mass is 367 g/mol. The van der Waals surface area contributed by atoms with E-state index in [0.29, 0.717) is 23.2 Å². The maximum absolute atomic E-state index is 13.3. The summed E-state index contributed by atoms with van der Waals surface area (Å²) in [6, 6.07) is 12.5. The Morgan fingerprint density at radius 2 is 1.93 bits per heavy atom. The van der Waals surface area contributed by atoms with E-state index in [4.69, 9.17) is 0 Å². The molecule has 1 heterocycles. The average molecular weight is 367 g/mol. The highest BCUT2D eigenvalue weighted by Gasteiger charge is 2.12. The molecule has 8 heteroatoms. The number of nitrogens with one attached hydrogen (secondary N) is 1. The lowest BCUT2D eigenvalue weighted by Gasteiger charge is -2.05. The van der Waals surface area contributed by atoms with E-state index in [9.17, 15) is 14.0 Å². The Bertz CT molecular complexity index is 953. The third-order valence-electron chi connectivity index (χ3n) is 3.79. The number of halogens is 1. The van der Waals surface area contributed by atoms with Crippen molar-refractivity contribution in [2.24, 2.45) is 0 Å². The van der Waals surface area contributed by atoms with Crippen molar-refractivity contribution >= 4 is 17.4 Å². The molecule has 0 saturated heterocycles. The maximum Gasteiger partial charge on any atom is 0.224 e. The minimum Gasteiger partial charge on any atom is -0.326 e. The Labute approximate surface area is 155 Å². The summed E-state index contributed by atoms with van der Waals surface area (Å²) in [6.45, 7) is 1.84. The number of Topliss-reactive ketones (excluding diaryl/α,β-unsaturated/α-hetero) is 1. The van der Waals surface area contributed by atoms with E-state index in [1.807, 2.05) is 6.92 Å². The van der Waals surface area contributed by atoms with Gasteiger partial charge in [-0.2, -0.15) is 4.80 Å². The van der Waals surface area contributed by atoms with Gasteiger partial charge >= 0.3 is 0 Å². The molecule has 1 aromatic heterocycles. The Hall–Kier alpha value is -3.42.